The highest BCUT2D eigenvalue weighted by atomic mass is 19.3. The summed E-state index contributed by atoms with van der Waals surface area (Å²) in [6, 6.07) is 8.93. The van der Waals surface area contributed by atoms with Crippen LogP contribution < -0.4 is 10.1 Å². The molecule has 0 saturated carbocycles. The van der Waals surface area contributed by atoms with E-state index in [9.17, 15) is 8.78 Å². The van der Waals surface area contributed by atoms with Gasteiger partial charge in [-0.05, 0) is 30.7 Å². The fourth-order valence-corrected chi connectivity index (χ4v) is 1.37. The van der Waals surface area contributed by atoms with Gasteiger partial charge >= 0.3 is 6.61 Å². The van der Waals surface area contributed by atoms with Crippen LogP contribution in [-0.4, -0.2) is 6.61 Å². The maximum atomic E-state index is 12.1. The Balaban J connectivity index is 3.07. The summed E-state index contributed by atoms with van der Waals surface area (Å²) in [7, 11) is 0. The number of anilines is 1. The number of allylic oxidation sites excluding steroid dienone is 2. The number of nitrogens with one attached hydrogen (secondary N) is 1. The minimum absolute atomic E-state index is 0.0219. The van der Waals surface area contributed by atoms with Crippen molar-refractivity contribution in [3.05, 3.63) is 35.0 Å². The van der Waals surface area contributed by atoms with Crippen LogP contribution in [0, 0.1) is 40.9 Å². The first-order valence-corrected chi connectivity index (χ1v) is 5.29. The molecule has 0 fully saturated rings. The van der Waals surface area contributed by atoms with E-state index >= 15 is 0 Å². The standard InChI is InChI=1S/C13H8F2N4O/c1-8-4-10(20-13(14)15)2-3-11(8)19-12(7-18)9(5-16)6-17/h2-4,13,19H,1H3. The van der Waals surface area contributed by atoms with Crippen molar-refractivity contribution in [2.24, 2.45) is 0 Å². The van der Waals surface area contributed by atoms with E-state index in [2.05, 4.69) is 10.1 Å². The van der Waals surface area contributed by atoms with E-state index in [-0.39, 0.29) is 17.0 Å². The van der Waals surface area contributed by atoms with Crippen molar-refractivity contribution >= 4 is 5.69 Å². The summed E-state index contributed by atoms with van der Waals surface area (Å²) < 4.78 is 28.3. The number of hydrogen-bond acceptors (Lipinski definition) is 5. The molecule has 0 aliphatic rings. The number of nitriles is 3. The number of ether oxygens (including phenoxy) is 1. The fourth-order valence-electron chi connectivity index (χ4n) is 1.37. The van der Waals surface area contributed by atoms with Gasteiger partial charge in [-0.25, -0.2) is 0 Å². The summed E-state index contributed by atoms with van der Waals surface area (Å²) in [5.74, 6) is -0.0219. The molecule has 1 rings (SSSR count). The highest BCUT2D eigenvalue weighted by molar-refractivity contribution is 5.62. The minimum atomic E-state index is -2.92. The highest BCUT2D eigenvalue weighted by Crippen LogP contribution is 2.24. The maximum absolute atomic E-state index is 12.1. The van der Waals surface area contributed by atoms with Crippen molar-refractivity contribution in [1.29, 1.82) is 15.8 Å². The zero-order valence-corrected chi connectivity index (χ0v) is 10.3. The number of alkyl halides is 2. The van der Waals surface area contributed by atoms with Gasteiger partial charge in [0.25, 0.3) is 0 Å². The van der Waals surface area contributed by atoms with Crippen molar-refractivity contribution in [2.75, 3.05) is 5.32 Å². The van der Waals surface area contributed by atoms with Gasteiger partial charge in [0, 0.05) is 5.69 Å². The average molecular weight is 274 g/mol. The molecule has 0 radical (unpaired) electrons. The van der Waals surface area contributed by atoms with Crippen LogP contribution in [0.25, 0.3) is 0 Å². The van der Waals surface area contributed by atoms with Crippen LogP contribution in [-0.2, 0) is 0 Å². The molecule has 0 amide bonds. The van der Waals surface area contributed by atoms with E-state index in [1.807, 2.05) is 0 Å². The van der Waals surface area contributed by atoms with Crippen LogP contribution in [0.3, 0.4) is 0 Å². The second kappa shape index (κ2) is 6.72. The van der Waals surface area contributed by atoms with Crippen molar-refractivity contribution in [1.82, 2.24) is 0 Å². The minimum Gasteiger partial charge on any atom is -0.435 e. The van der Waals surface area contributed by atoms with Crippen molar-refractivity contribution in [2.45, 2.75) is 13.5 Å². The lowest BCUT2D eigenvalue weighted by Crippen LogP contribution is -2.04. The van der Waals surface area contributed by atoms with Crippen molar-refractivity contribution in [3.63, 3.8) is 0 Å². The Morgan fingerprint density at radius 3 is 2.30 bits per heavy atom. The third kappa shape index (κ3) is 3.69. The molecule has 7 heteroatoms. The summed E-state index contributed by atoms with van der Waals surface area (Å²) in [6.45, 7) is -1.32. The number of benzene rings is 1. The van der Waals surface area contributed by atoms with E-state index in [1.54, 1.807) is 25.1 Å². The quantitative estimate of drug-likeness (QED) is 0.852. The van der Waals surface area contributed by atoms with E-state index in [4.69, 9.17) is 15.8 Å². The first kappa shape index (κ1) is 14.9. The number of halogens is 2. The second-order valence-electron chi connectivity index (χ2n) is 3.57. The normalized spacial score (nSPS) is 9.05. The first-order valence-electron chi connectivity index (χ1n) is 5.29. The van der Waals surface area contributed by atoms with Crippen LogP contribution in [0.5, 0.6) is 5.75 Å². The molecule has 0 aliphatic heterocycles. The molecular formula is C13H8F2N4O. The third-order valence-electron chi connectivity index (χ3n) is 2.27. The molecule has 1 aromatic rings. The van der Waals surface area contributed by atoms with Gasteiger partial charge in [-0.2, -0.15) is 24.6 Å². The average Bonchev–Trinajstić information content (AvgIpc) is 2.40. The van der Waals surface area contributed by atoms with Gasteiger partial charge in [0.1, 0.15) is 29.7 Å². The smallest absolute Gasteiger partial charge is 0.387 e. The Labute approximate surface area is 113 Å². The highest BCUT2D eigenvalue weighted by Gasteiger charge is 2.10. The van der Waals surface area contributed by atoms with Crippen LogP contribution in [0.2, 0.25) is 0 Å². The van der Waals surface area contributed by atoms with E-state index in [0.717, 1.165) is 0 Å². The van der Waals surface area contributed by atoms with Gasteiger partial charge in [0.05, 0.1) is 0 Å². The van der Waals surface area contributed by atoms with Crippen molar-refractivity contribution < 1.29 is 13.5 Å². The van der Waals surface area contributed by atoms with E-state index < -0.39 is 6.61 Å². The Morgan fingerprint density at radius 2 is 1.85 bits per heavy atom. The van der Waals surface area contributed by atoms with E-state index in [1.165, 1.54) is 18.2 Å². The number of aryl methyl sites for hydroxylation is 1. The lowest BCUT2D eigenvalue weighted by molar-refractivity contribution is -0.0498. The molecule has 0 bridgehead atoms. The molecule has 0 saturated heterocycles. The predicted molar refractivity (Wildman–Crippen MR) is 65.3 cm³/mol. The third-order valence-corrected chi connectivity index (χ3v) is 2.27. The molecule has 0 heterocycles. The van der Waals surface area contributed by atoms with Crippen LogP contribution >= 0.6 is 0 Å². The largest absolute Gasteiger partial charge is 0.435 e. The number of nitrogens with zero attached hydrogens (tertiary/aromatic N) is 3. The van der Waals surface area contributed by atoms with Gasteiger partial charge in [-0.1, -0.05) is 0 Å². The van der Waals surface area contributed by atoms with Crippen LogP contribution in [0.1, 0.15) is 5.56 Å². The lowest BCUT2D eigenvalue weighted by atomic mass is 10.1. The topological polar surface area (TPSA) is 92.6 Å². The SMILES string of the molecule is Cc1cc(OC(F)F)ccc1NC(C#N)=C(C#N)C#N. The summed E-state index contributed by atoms with van der Waals surface area (Å²) in [5, 5.41) is 28.9. The summed E-state index contributed by atoms with van der Waals surface area (Å²) in [5.41, 5.74) is 0.359. The van der Waals surface area contributed by atoms with Gasteiger partial charge in [-0.3, -0.25) is 0 Å². The first-order chi connectivity index (χ1) is 9.51. The zero-order chi connectivity index (χ0) is 15.1. The Bertz CT molecular complexity index is 646. The fraction of sp³-hybridized carbons (Fsp3) is 0.154. The molecule has 0 spiro atoms. The molecule has 100 valence electrons. The number of hydrogen-bond donors (Lipinski definition) is 1. The van der Waals surface area contributed by atoms with Crippen LogP contribution in [0.15, 0.2) is 29.5 Å². The maximum Gasteiger partial charge on any atom is 0.387 e. The second-order valence-corrected chi connectivity index (χ2v) is 3.57. The zero-order valence-electron chi connectivity index (χ0n) is 10.3. The molecule has 1 N–H and O–H groups in total. The van der Waals surface area contributed by atoms with E-state index in [0.29, 0.717) is 11.3 Å². The number of rotatable bonds is 4. The molecule has 0 aliphatic carbocycles. The van der Waals surface area contributed by atoms with Gasteiger partial charge in [-0.15, -0.1) is 0 Å². The Morgan fingerprint density at radius 1 is 1.20 bits per heavy atom. The molecule has 0 atom stereocenters. The molecular weight excluding hydrogens is 266 g/mol. The Hall–Kier alpha value is -3.11. The molecule has 0 unspecified atom stereocenters. The molecule has 1 aromatic carbocycles. The van der Waals surface area contributed by atoms with Gasteiger partial charge in [0.15, 0.2) is 5.57 Å². The molecule has 5 nitrogen and oxygen atoms in total. The monoisotopic (exact) mass is 274 g/mol. The van der Waals surface area contributed by atoms with Crippen LogP contribution in [0.4, 0.5) is 14.5 Å². The summed E-state index contributed by atoms with van der Waals surface area (Å²) >= 11 is 0. The summed E-state index contributed by atoms with van der Waals surface area (Å²) in [4.78, 5) is 0. The molecule has 0 aromatic heterocycles. The predicted octanol–water partition coefficient (Wildman–Crippen LogP) is 2.83. The lowest BCUT2D eigenvalue weighted by Gasteiger charge is -2.10. The van der Waals surface area contributed by atoms with Gasteiger partial charge < -0.3 is 10.1 Å². The van der Waals surface area contributed by atoms with Gasteiger partial charge in [0.2, 0.25) is 0 Å². The molecule has 20 heavy (non-hydrogen) atoms. The summed E-state index contributed by atoms with van der Waals surface area (Å²) in [6.07, 6.45) is 0. The van der Waals surface area contributed by atoms with Crippen molar-refractivity contribution in [3.8, 4) is 24.0 Å². The Kier molecular flexibility index (Phi) is 5.03.